The fraction of sp³-hybridized carbons (Fsp3) is 0.667. The predicted octanol–water partition coefficient (Wildman–Crippen LogP) is 2.91. The van der Waals surface area contributed by atoms with Gasteiger partial charge < -0.3 is 9.64 Å². The quantitative estimate of drug-likeness (QED) is 0.785. The molecule has 1 atom stereocenters. The molecule has 1 aromatic heterocycles. The Labute approximate surface area is 117 Å². The smallest absolute Gasteiger partial charge is 0.161 e. The summed E-state index contributed by atoms with van der Waals surface area (Å²) in [7, 11) is 2.04. The van der Waals surface area contributed by atoms with Crippen LogP contribution in [0.3, 0.4) is 0 Å². The third-order valence-electron chi connectivity index (χ3n) is 3.00. The molecule has 0 amide bonds. The van der Waals surface area contributed by atoms with Gasteiger partial charge in [-0.1, -0.05) is 37.0 Å². The summed E-state index contributed by atoms with van der Waals surface area (Å²) < 4.78 is 5.66. The highest BCUT2D eigenvalue weighted by molar-refractivity contribution is 6.34. The van der Waals surface area contributed by atoms with Crippen molar-refractivity contribution in [1.82, 2.24) is 14.9 Å². The lowest BCUT2D eigenvalue weighted by atomic mass is 10.1. The van der Waals surface area contributed by atoms with Crippen molar-refractivity contribution < 1.29 is 4.74 Å². The van der Waals surface area contributed by atoms with Crippen molar-refractivity contribution >= 4 is 23.2 Å². The lowest BCUT2D eigenvalue weighted by molar-refractivity contribution is -0.0255. The Morgan fingerprint density at radius 1 is 1.28 bits per heavy atom. The van der Waals surface area contributed by atoms with E-state index in [-0.39, 0.29) is 12.0 Å². The number of aromatic nitrogens is 2. The second-order valence-corrected chi connectivity index (χ2v) is 5.57. The van der Waals surface area contributed by atoms with E-state index in [1.807, 2.05) is 20.9 Å². The standard InChI is InChI=1S/C12H17Cl2N3O/c1-7(2)9-10(13)15-12(16-11(9)14)8-6-17(3)4-5-18-8/h7-8H,4-6H2,1-3H3. The third kappa shape index (κ3) is 2.94. The van der Waals surface area contributed by atoms with E-state index in [1.165, 1.54) is 0 Å². The first-order valence-corrected chi connectivity index (χ1v) is 6.77. The number of rotatable bonds is 2. The zero-order valence-corrected chi connectivity index (χ0v) is 12.3. The van der Waals surface area contributed by atoms with Gasteiger partial charge in [-0.3, -0.25) is 0 Å². The molecule has 1 aliphatic heterocycles. The second-order valence-electron chi connectivity index (χ2n) is 4.85. The molecule has 1 fully saturated rings. The minimum Gasteiger partial charge on any atom is -0.368 e. The molecule has 0 N–H and O–H groups in total. The van der Waals surface area contributed by atoms with Gasteiger partial charge in [-0.2, -0.15) is 0 Å². The molecule has 2 rings (SSSR count). The van der Waals surface area contributed by atoms with Gasteiger partial charge in [0.25, 0.3) is 0 Å². The molecule has 0 spiro atoms. The molecule has 100 valence electrons. The molecule has 0 saturated carbocycles. The van der Waals surface area contributed by atoms with E-state index in [4.69, 9.17) is 27.9 Å². The van der Waals surface area contributed by atoms with Crippen LogP contribution < -0.4 is 0 Å². The molecule has 2 heterocycles. The number of ether oxygens (including phenoxy) is 1. The van der Waals surface area contributed by atoms with E-state index in [0.717, 1.165) is 18.7 Å². The molecule has 0 aliphatic carbocycles. The van der Waals surface area contributed by atoms with Crippen LogP contribution in [-0.2, 0) is 4.74 Å². The monoisotopic (exact) mass is 289 g/mol. The van der Waals surface area contributed by atoms with E-state index in [0.29, 0.717) is 22.7 Å². The van der Waals surface area contributed by atoms with Crippen molar-refractivity contribution in [1.29, 1.82) is 0 Å². The number of hydrogen-bond acceptors (Lipinski definition) is 4. The zero-order chi connectivity index (χ0) is 13.3. The largest absolute Gasteiger partial charge is 0.368 e. The van der Waals surface area contributed by atoms with Crippen LogP contribution in [0, 0.1) is 0 Å². The Bertz CT molecular complexity index is 416. The molecule has 0 bridgehead atoms. The van der Waals surface area contributed by atoms with E-state index in [9.17, 15) is 0 Å². The number of nitrogens with zero attached hydrogens (tertiary/aromatic N) is 3. The van der Waals surface area contributed by atoms with E-state index in [2.05, 4.69) is 14.9 Å². The maximum Gasteiger partial charge on any atom is 0.161 e. The van der Waals surface area contributed by atoms with Crippen molar-refractivity contribution in [3.05, 3.63) is 21.7 Å². The maximum atomic E-state index is 6.18. The average molecular weight is 290 g/mol. The Balaban J connectivity index is 2.30. The summed E-state index contributed by atoms with van der Waals surface area (Å²) in [6.07, 6.45) is -0.153. The molecular weight excluding hydrogens is 273 g/mol. The Morgan fingerprint density at radius 3 is 2.39 bits per heavy atom. The molecule has 1 saturated heterocycles. The highest BCUT2D eigenvalue weighted by Crippen LogP contribution is 2.30. The number of morpholine rings is 1. The van der Waals surface area contributed by atoms with Crippen molar-refractivity contribution in [2.75, 3.05) is 26.7 Å². The Morgan fingerprint density at radius 2 is 1.89 bits per heavy atom. The van der Waals surface area contributed by atoms with Gasteiger partial charge in [0.15, 0.2) is 5.82 Å². The summed E-state index contributed by atoms with van der Waals surface area (Å²) in [5, 5.41) is 0.855. The van der Waals surface area contributed by atoms with E-state index in [1.54, 1.807) is 0 Å². The molecule has 4 nitrogen and oxygen atoms in total. The molecule has 0 aromatic carbocycles. The summed E-state index contributed by atoms with van der Waals surface area (Å²) in [5.74, 6) is 0.773. The Kier molecular flexibility index (Phi) is 4.43. The van der Waals surface area contributed by atoms with Crippen LogP contribution in [0.5, 0.6) is 0 Å². The van der Waals surface area contributed by atoms with Gasteiger partial charge in [-0.25, -0.2) is 9.97 Å². The van der Waals surface area contributed by atoms with Crippen LogP contribution in [-0.4, -0.2) is 41.6 Å². The summed E-state index contributed by atoms with van der Waals surface area (Å²) in [5.41, 5.74) is 0.797. The van der Waals surface area contributed by atoms with Crippen molar-refractivity contribution in [3.63, 3.8) is 0 Å². The highest BCUT2D eigenvalue weighted by Gasteiger charge is 2.24. The summed E-state index contributed by atoms with van der Waals surface area (Å²) in [4.78, 5) is 10.8. The van der Waals surface area contributed by atoms with Gasteiger partial charge in [0, 0.05) is 18.7 Å². The summed E-state index contributed by atoms with van der Waals surface area (Å²) in [6.45, 7) is 6.38. The predicted molar refractivity (Wildman–Crippen MR) is 72.3 cm³/mol. The molecule has 1 aliphatic rings. The fourth-order valence-electron chi connectivity index (χ4n) is 1.99. The van der Waals surface area contributed by atoms with Crippen LogP contribution in [0.2, 0.25) is 10.3 Å². The molecule has 1 unspecified atom stereocenters. The van der Waals surface area contributed by atoms with Gasteiger partial charge >= 0.3 is 0 Å². The van der Waals surface area contributed by atoms with Gasteiger partial charge in [-0.15, -0.1) is 0 Å². The zero-order valence-electron chi connectivity index (χ0n) is 10.8. The average Bonchev–Trinajstić information content (AvgIpc) is 2.27. The van der Waals surface area contributed by atoms with Crippen molar-refractivity contribution in [3.8, 4) is 0 Å². The first-order valence-electron chi connectivity index (χ1n) is 6.02. The number of likely N-dealkylation sites (N-methyl/N-ethyl adjacent to an activating group) is 1. The van der Waals surface area contributed by atoms with Crippen LogP contribution >= 0.6 is 23.2 Å². The molecule has 0 radical (unpaired) electrons. The van der Waals surface area contributed by atoms with Gasteiger partial charge in [0.2, 0.25) is 0 Å². The molecule has 1 aromatic rings. The van der Waals surface area contributed by atoms with Crippen molar-refractivity contribution in [2.45, 2.75) is 25.9 Å². The number of hydrogen-bond donors (Lipinski definition) is 0. The fourth-order valence-corrected chi connectivity index (χ4v) is 2.82. The molecule has 6 heteroatoms. The molecular formula is C12H17Cl2N3O. The number of halogens is 2. The molecule has 18 heavy (non-hydrogen) atoms. The maximum absolute atomic E-state index is 6.18. The topological polar surface area (TPSA) is 38.2 Å². The van der Waals surface area contributed by atoms with Gasteiger partial charge in [0.05, 0.1) is 6.61 Å². The second kappa shape index (κ2) is 5.70. The SMILES string of the molecule is CC(C)c1c(Cl)nc(C2CN(C)CCO2)nc1Cl. The van der Waals surface area contributed by atoms with Crippen LogP contribution in [0.4, 0.5) is 0 Å². The minimum atomic E-state index is -0.153. The van der Waals surface area contributed by atoms with E-state index < -0.39 is 0 Å². The summed E-state index contributed by atoms with van der Waals surface area (Å²) in [6, 6.07) is 0. The highest BCUT2D eigenvalue weighted by atomic mass is 35.5. The minimum absolute atomic E-state index is 0.153. The normalized spacial score (nSPS) is 21.6. The Hall–Kier alpha value is -0.420. The van der Waals surface area contributed by atoms with Gasteiger partial charge in [0.1, 0.15) is 16.4 Å². The van der Waals surface area contributed by atoms with Crippen molar-refractivity contribution in [2.24, 2.45) is 0 Å². The van der Waals surface area contributed by atoms with Gasteiger partial charge in [-0.05, 0) is 13.0 Å². The lowest BCUT2D eigenvalue weighted by Crippen LogP contribution is -2.36. The van der Waals surface area contributed by atoms with Crippen LogP contribution in [0.1, 0.15) is 37.3 Å². The van der Waals surface area contributed by atoms with E-state index >= 15 is 0 Å². The first kappa shape index (κ1) is 14.0. The summed E-state index contributed by atoms with van der Waals surface area (Å²) >= 11 is 12.4. The third-order valence-corrected chi connectivity index (χ3v) is 3.58. The first-order chi connectivity index (χ1) is 8.49. The van der Waals surface area contributed by atoms with Crippen LogP contribution in [0.15, 0.2) is 0 Å². The van der Waals surface area contributed by atoms with Crippen LogP contribution in [0.25, 0.3) is 0 Å². The lowest BCUT2D eigenvalue weighted by Gasteiger charge is -2.29.